The van der Waals surface area contributed by atoms with Crippen LogP contribution in [-0.2, 0) is 25.7 Å². The molecule has 0 aliphatic carbocycles. The molecule has 0 spiro atoms. The summed E-state index contributed by atoms with van der Waals surface area (Å²) in [4.78, 5) is 0. The van der Waals surface area contributed by atoms with Crippen LogP contribution in [0.5, 0.6) is 34.5 Å². The molecule has 0 saturated carbocycles. The lowest BCUT2D eigenvalue weighted by atomic mass is 9.96. The minimum absolute atomic E-state index is 0.117. The highest BCUT2D eigenvalue weighted by Crippen LogP contribution is 2.33. The zero-order chi connectivity index (χ0) is 25.7. The lowest BCUT2D eigenvalue weighted by Gasteiger charge is -2.14. The Labute approximate surface area is 210 Å². The molecule has 36 heavy (non-hydrogen) atoms. The van der Waals surface area contributed by atoms with Gasteiger partial charge in [-0.05, 0) is 95.5 Å². The van der Waals surface area contributed by atoms with E-state index in [4.69, 9.17) is 9.47 Å². The number of phenols is 4. The predicted octanol–water partition coefficient (Wildman–Crippen LogP) is 5.76. The molecule has 0 saturated heterocycles. The summed E-state index contributed by atoms with van der Waals surface area (Å²) < 4.78 is 11.3. The van der Waals surface area contributed by atoms with E-state index in [-0.39, 0.29) is 23.0 Å². The maximum absolute atomic E-state index is 9.73. The van der Waals surface area contributed by atoms with E-state index in [0.29, 0.717) is 12.8 Å². The molecule has 0 atom stereocenters. The third-order valence-electron chi connectivity index (χ3n) is 6.35. The zero-order valence-corrected chi connectivity index (χ0v) is 20.4. The van der Waals surface area contributed by atoms with Gasteiger partial charge in [-0.1, -0.05) is 36.4 Å². The van der Waals surface area contributed by atoms with Gasteiger partial charge in [0.1, 0.15) is 11.5 Å². The van der Waals surface area contributed by atoms with E-state index >= 15 is 0 Å². The largest absolute Gasteiger partial charge is 0.504 e. The summed E-state index contributed by atoms with van der Waals surface area (Å²) in [5.41, 5.74) is 5.97. The van der Waals surface area contributed by atoms with Gasteiger partial charge in [0.15, 0.2) is 23.0 Å². The third kappa shape index (κ3) is 5.66. The first-order chi connectivity index (χ1) is 17.4. The van der Waals surface area contributed by atoms with Crippen molar-refractivity contribution in [3.63, 3.8) is 0 Å². The van der Waals surface area contributed by atoms with E-state index in [2.05, 4.69) is 12.1 Å². The van der Waals surface area contributed by atoms with Crippen LogP contribution in [0.2, 0.25) is 0 Å². The summed E-state index contributed by atoms with van der Waals surface area (Å²) in [5, 5.41) is 38.5. The topological polar surface area (TPSA) is 99.4 Å². The Morgan fingerprint density at radius 1 is 0.472 bits per heavy atom. The van der Waals surface area contributed by atoms with Gasteiger partial charge < -0.3 is 29.9 Å². The molecule has 0 unspecified atom stereocenters. The molecular weight excluding hydrogens is 456 g/mol. The number of hydrogen-bond acceptors (Lipinski definition) is 6. The minimum Gasteiger partial charge on any atom is -0.504 e. The molecule has 6 heteroatoms. The van der Waals surface area contributed by atoms with Crippen molar-refractivity contribution >= 4 is 0 Å². The molecule has 0 aliphatic rings. The highest BCUT2D eigenvalue weighted by atomic mass is 16.5. The van der Waals surface area contributed by atoms with Gasteiger partial charge in [0.25, 0.3) is 0 Å². The fraction of sp³-hybridized carbons (Fsp3) is 0.200. The minimum atomic E-state index is -0.123. The van der Waals surface area contributed by atoms with Crippen molar-refractivity contribution in [2.75, 3.05) is 14.2 Å². The lowest BCUT2D eigenvalue weighted by Crippen LogP contribution is -1.98. The molecule has 0 aromatic heterocycles. The highest BCUT2D eigenvalue weighted by Gasteiger charge is 2.11. The molecule has 4 N–H and O–H groups in total. The van der Waals surface area contributed by atoms with Gasteiger partial charge in [-0.2, -0.15) is 0 Å². The quantitative estimate of drug-likeness (QED) is 0.224. The molecule has 0 amide bonds. The molecule has 0 radical (unpaired) electrons. The van der Waals surface area contributed by atoms with Crippen LogP contribution in [0.4, 0.5) is 0 Å². The van der Waals surface area contributed by atoms with E-state index in [1.807, 2.05) is 24.3 Å². The van der Waals surface area contributed by atoms with E-state index in [1.165, 1.54) is 12.1 Å². The van der Waals surface area contributed by atoms with Gasteiger partial charge in [0.05, 0.1) is 14.2 Å². The number of hydrogen-bond donors (Lipinski definition) is 4. The molecule has 0 heterocycles. The second kappa shape index (κ2) is 11.0. The summed E-state index contributed by atoms with van der Waals surface area (Å²) in [5.74, 6) is 1.08. The number of rotatable bonds is 9. The summed E-state index contributed by atoms with van der Waals surface area (Å²) in [6, 6.07) is 22.0. The van der Waals surface area contributed by atoms with E-state index < -0.39 is 0 Å². The Morgan fingerprint density at radius 3 is 1.25 bits per heavy atom. The number of phenolic OH excluding ortho intramolecular Hbond substituents is 4. The van der Waals surface area contributed by atoms with Crippen molar-refractivity contribution in [2.45, 2.75) is 25.7 Å². The number of aryl methyl sites for hydroxylation is 4. The molecule has 6 nitrogen and oxygen atoms in total. The molecule has 186 valence electrons. The zero-order valence-electron chi connectivity index (χ0n) is 20.4. The number of benzene rings is 4. The Hall–Kier alpha value is -4.32. The Morgan fingerprint density at radius 2 is 0.889 bits per heavy atom. The van der Waals surface area contributed by atoms with Gasteiger partial charge >= 0.3 is 0 Å². The van der Waals surface area contributed by atoms with Crippen molar-refractivity contribution in [1.82, 2.24) is 0 Å². The Bertz CT molecular complexity index is 1260. The first-order valence-electron chi connectivity index (χ1n) is 11.7. The van der Waals surface area contributed by atoms with Gasteiger partial charge in [0, 0.05) is 0 Å². The van der Waals surface area contributed by atoms with E-state index in [0.717, 1.165) is 57.7 Å². The first kappa shape index (κ1) is 24.8. The second-order valence-electron chi connectivity index (χ2n) is 8.70. The maximum Gasteiger partial charge on any atom is 0.157 e. The van der Waals surface area contributed by atoms with Gasteiger partial charge in [0.2, 0.25) is 0 Å². The third-order valence-corrected chi connectivity index (χ3v) is 6.35. The second-order valence-corrected chi connectivity index (χ2v) is 8.70. The van der Waals surface area contributed by atoms with Crippen molar-refractivity contribution in [1.29, 1.82) is 0 Å². The fourth-order valence-electron chi connectivity index (χ4n) is 4.27. The highest BCUT2D eigenvalue weighted by molar-refractivity contribution is 5.68. The normalized spacial score (nSPS) is 10.8. The van der Waals surface area contributed by atoms with Crippen LogP contribution >= 0.6 is 0 Å². The van der Waals surface area contributed by atoms with Gasteiger partial charge in [-0.3, -0.25) is 0 Å². The molecule has 4 aromatic carbocycles. The average Bonchev–Trinajstić information content (AvgIpc) is 2.89. The van der Waals surface area contributed by atoms with E-state index in [9.17, 15) is 20.4 Å². The van der Waals surface area contributed by atoms with Crippen LogP contribution in [0.3, 0.4) is 0 Å². The molecular formula is C30H30O6. The molecule has 4 aromatic rings. The first-order valence-corrected chi connectivity index (χ1v) is 11.7. The van der Waals surface area contributed by atoms with E-state index in [1.54, 1.807) is 38.5 Å². The number of aromatic hydroxyl groups is 4. The van der Waals surface area contributed by atoms with Crippen LogP contribution in [-0.4, -0.2) is 34.6 Å². The molecule has 4 rings (SSSR count). The molecule has 0 bridgehead atoms. The average molecular weight is 487 g/mol. The van der Waals surface area contributed by atoms with Gasteiger partial charge in [-0.15, -0.1) is 0 Å². The fourth-order valence-corrected chi connectivity index (χ4v) is 4.27. The van der Waals surface area contributed by atoms with Crippen LogP contribution in [0.25, 0.3) is 11.1 Å². The summed E-state index contributed by atoms with van der Waals surface area (Å²) in [6.07, 6.45) is 2.85. The predicted molar refractivity (Wildman–Crippen MR) is 139 cm³/mol. The van der Waals surface area contributed by atoms with Gasteiger partial charge in [-0.25, -0.2) is 0 Å². The van der Waals surface area contributed by atoms with Crippen molar-refractivity contribution in [3.05, 3.63) is 95.1 Å². The van der Waals surface area contributed by atoms with Crippen molar-refractivity contribution in [2.24, 2.45) is 0 Å². The summed E-state index contributed by atoms with van der Waals surface area (Å²) in [6.45, 7) is 0. The Kier molecular flexibility index (Phi) is 7.54. The maximum atomic E-state index is 9.73. The number of methoxy groups -OCH3 is 2. The summed E-state index contributed by atoms with van der Waals surface area (Å²) in [7, 11) is 3.31. The lowest BCUT2D eigenvalue weighted by molar-refractivity contribution is 0.403. The molecule has 0 fully saturated rings. The van der Waals surface area contributed by atoms with Crippen molar-refractivity contribution in [3.8, 4) is 45.6 Å². The number of ether oxygens (including phenoxy) is 2. The van der Waals surface area contributed by atoms with Crippen LogP contribution in [0.15, 0.2) is 72.8 Å². The molecule has 0 aliphatic heterocycles. The SMILES string of the molecule is COc1cc(-c2ccc(CCc3ccc(O)c(O)c3)c(OC)c2)ccc1CCc1ccc(O)c(O)c1. The van der Waals surface area contributed by atoms with Crippen LogP contribution < -0.4 is 9.47 Å². The Balaban J connectivity index is 1.49. The van der Waals surface area contributed by atoms with Crippen LogP contribution in [0, 0.1) is 0 Å². The van der Waals surface area contributed by atoms with Crippen LogP contribution in [0.1, 0.15) is 22.3 Å². The summed E-state index contributed by atoms with van der Waals surface area (Å²) >= 11 is 0. The smallest absolute Gasteiger partial charge is 0.157 e. The monoisotopic (exact) mass is 486 g/mol. The standard InChI is InChI=1S/C30H30O6/c1-35-29-17-23(11-9-21(29)7-3-19-5-13-25(31)27(33)15-19)24-12-10-22(30(18-24)36-2)8-4-20-6-14-26(32)28(34)16-20/h5-6,9-18,31-34H,3-4,7-8H2,1-2H3. The van der Waals surface area contributed by atoms with Crippen molar-refractivity contribution < 1.29 is 29.9 Å².